The third-order valence-electron chi connectivity index (χ3n) is 3.03. The van der Waals surface area contributed by atoms with E-state index in [-0.39, 0.29) is 17.6 Å². The van der Waals surface area contributed by atoms with Crippen molar-refractivity contribution >= 4 is 37.5 Å². The average molecular weight is 403 g/mol. The molecule has 2 rings (SSSR count). The van der Waals surface area contributed by atoms with Crippen LogP contribution in [0.3, 0.4) is 0 Å². The van der Waals surface area contributed by atoms with Gasteiger partial charge in [0.15, 0.2) is 0 Å². The van der Waals surface area contributed by atoms with E-state index < -0.39 is 0 Å². The molecule has 1 unspecified atom stereocenters. The Morgan fingerprint density at radius 2 is 1.95 bits per heavy atom. The van der Waals surface area contributed by atoms with Gasteiger partial charge in [-0.1, -0.05) is 22.9 Å². The fourth-order valence-electron chi connectivity index (χ4n) is 2.00. The Bertz CT molecular complexity index is 619. The van der Waals surface area contributed by atoms with Crippen molar-refractivity contribution in [3.05, 3.63) is 56.7 Å². The molecule has 0 fully saturated rings. The van der Waals surface area contributed by atoms with E-state index in [4.69, 9.17) is 0 Å². The highest BCUT2D eigenvalue weighted by molar-refractivity contribution is 9.10. The van der Waals surface area contributed by atoms with Gasteiger partial charge in [-0.05, 0) is 58.7 Å². The molecule has 0 saturated carbocycles. The van der Waals surface area contributed by atoms with Crippen LogP contribution in [0.15, 0.2) is 45.3 Å². The zero-order valence-electron chi connectivity index (χ0n) is 10.8. The predicted molar refractivity (Wildman–Crippen MR) is 86.6 cm³/mol. The Balaban J connectivity index is 2.33. The second-order valence-corrected chi connectivity index (χ2v) is 6.20. The van der Waals surface area contributed by atoms with Gasteiger partial charge in [0.25, 0.3) is 0 Å². The van der Waals surface area contributed by atoms with Crippen molar-refractivity contribution in [2.75, 3.05) is 5.32 Å². The molecule has 2 nitrogen and oxygen atoms in total. The van der Waals surface area contributed by atoms with Gasteiger partial charge in [-0.15, -0.1) is 0 Å². The van der Waals surface area contributed by atoms with Crippen LogP contribution in [0.5, 0.6) is 5.75 Å². The van der Waals surface area contributed by atoms with Gasteiger partial charge in [-0.2, -0.15) is 0 Å². The molecular weight excluding hydrogens is 389 g/mol. The highest BCUT2D eigenvalue weighted by Gasteiger charge is 2.15. The molecule has 0 amide bonds. The molecule has 20 heavy (non-hydrogen) atoms. The number of benzene rings is 2. The Kier molecular flexibility index (Phi) is 5.05. The first-order chi connectivity index (χ1) is 9.51. The van der Waals surface area contributed by atoms with Crippen molar-refractivity contribution < 1.29 is 9.50 Å². The molecule has 1 atom stereocenters. The third kappa shape index (κ3) is 3.52. The first-order valence-corrected chi connectivity index (χ1v) is 7.80. The molecule has 106 valence electrons. The van der Waals surface area contributed by atoms with Crippen LogP contribution < -0.4 is 5.32 Å². The smallest absolute Gasteiger partial charge is 0.125 e. The Morgan fingerprint density at radius 3 is 2.65 bits per heavy atom. The second-order valence-electron chi connectivity index (χ2n) is 4.43. The third-order valence-corrected chi connectivity index (χ3v) is 4.22. The molecule has 2 aromatic rings. The van der Waals surface area contributed by atoms with E-state index in [1.165, 1.54) is 12.1 Å². The van der Waals surface area contributed by atoms with Crippen LogP contribution >= 0.6 is 31.9 Å². The van der Waals surface area contributed by atoms with Gasteiger partial charge in [0.05, 0.1) is 11.7 Å². The topological polar surface area (TPSA) is 32.3 Å². The van der Waals surface area contributed by atoms with E-state index in [1.54, 1.807) is 18.2 Å². The predicted octanol–water partition coefficient (Wildman–Crippen LogP) is 5.62. The van der Waals surface area contributed by atoms with E-state index >= 15 is 0 Å². The highest BCUT2D eigenvalue weighted by Crippen LogP contribution is 2.34. The van der Waals surface area contributed by atoms with Crippen LogP contribution in [0.25, 0.3) is 0 Å². The first-order valence-electron chi connectivity index (χ1n) is 6.21. The summed E-state index contributed by atoms with van der Waals surface area (Å²) in [6, 6.07) is 9.67. The first kappa shape index (κ1) is 15.3. The summed E-state index contributed by atoms with van der Waals surface area (Å²) in [6.07, 6.45) is 0.757. The standard InChI is InChI=1S/C15H14Br2FNO/c1-2-13(11-7-9(16)3-6-15(11)20)19-14-8-10(18)4-5-12(14)17/h3-8,13,19-20H,2H2,1H3. The Labute approximate surface area is 134 Å². The maximum atomic E-state index is 13.3. The maximum Gasteiger partial charge on any atom is 0.125 e. The summed E-state index contributed by atoms with van der Waals surface area (Å²) in [4.78, 5) is 0. The van der Waals surface area contributed by atoms with Gasteiger partial charge in [0.2, 0.25) is 0 Å². The number of phenols is 1. The highest BCUT2D eigenvalue weighted by atomic mass is 79.9. The van der Waals surface area contributed by atoms with Gasteiger partial charge in [0, 0.05) is 14.5 Å². The molecule has 2 N–H and O–H groups in total. The Hall–Kier alpha value is -1.07. The van der Waals surface area contributed by atoms with Crippen LogP contribution in [0.2, 0.25) is 0 Å². The summed E-state index contributed by atoms with van der Waals surface area (Å²) < 4.78 is 15.0. The van der Waals surface area contributed by atoms with Gasteiger partial charge in [-0.3, -0.25) is 0 Å². The summed E-state index contributed by atoms with van der Waals surface area (Å²) in [5.41, 5.74) is 1.44. The van der Waals surface area contributed by atoms with Gasteiger partial charge in [0.1, 0.15) is 11.6 Å². The molecule has 0 heterocycles. The molecule has 0 spiro atoms. The zero-order valence-corrected chi connectivity index (χ0v) is 14.0. The lowest BCUT2D eigenvalue weighted by molar-refractivity contribution is 0.462. The van der Waals surface area contributed by atoms with Crippen molar-refractivity contribution in [3.8, 4) is 5.75 Å². The minimum Gasteiger partial charge on any atom is -0.508 e. The van der Waals surface area contributed by atoms with Crippen LogP contribution in [0, 0.1) is 5.82 Å². The number of anilines is 1. The molecule has 5 heteroatoms. The van der Waals surface area contributed by atoms with Crippen molar-refractivity contribution in [1.82, 2.24) is 0 Å². The van der Waals surface area contributed by atoms with Crippen molar-refractivity contribution in [1.29, 1.82) is 0 Å². The lowest BCUT2D eigenvalue weighted by atomic mass is 10.0. The quantitative estimate of drug-likeness (QED) is 0.695. The van der Waals surface area contributed by atoms with Gasteiger partial charge >= 0.3 is 0 Å². The van der Waals surface area contributed by atoms with Gasteiger partial charge < -0.3 is 10.4 Å². The van der Waals surface area contributed by atoms with E-state index in [9.17, 15) is 9.50 Å². The van der Waals surface area contributed by atoms with Crippen LogP contribution in [-0.4, -0.2) is 5.11 Å². The van der Waals surface area contributed by atoms with Crippen molar-refractivity contribution in [3.63, 3.8) is 0 Å². The fraction of sp³-hybridized carbons (Fsp3) is 0.200. The molecular formula is C15H14Br2FNO. The molecule has 0 bridgehead atoms. The van der Waals surface area contributed by atoms with Crippen LogP contribution in [0.1, 0.15) is 24.9 Å². The minimum absolute atomic E-state index is 0.106. The summed E-state index contributed by atoms with van der Waals surface area (Å²) >= 11 is 6.79. The summed E-state index contributed by atoms with van der Waals surface area (Å²) in [5.74, 6) is -0.0795. The summed E-state index contributed by atoms with van der Waals surface area (Å²) in [7, 11) is 0. The Morgan fingerprint density at radius 1 is 1.20 bits per heavy atom. The molecule has 0 aromatic heterocycles. The molecule has 0 aliphatic rings. The van der Waals surface area contributed by atoms with E-state index in [0.717, 1.165) is 20.9 Å². The van der Waals surface area contributed by atoms with Crippen molar-refractivity contribution in [2.45, 2.75) is 19.4 Å². The molecule has 0 aliphatic carbocycles. The SMILES string of the molecule is CCC(Nc1cc(F)ccc1Br)c1cc(Br)ccc1O. The van der Waals surface area contributed by atoms with Crippen molar-refractivity contribution in [2.24, 2.45) is 0 Å². The molecule has 0 radical (unpaired) electrons. The summed E-state index contributed by atoms with van der Waals surface area (Å²) in [5, 5.41) is 13.2. The minimum atomic E-state index is -0.302. The zero-order chi connectivity index (χ0) is 14.7. The number of phenolic OH excluding ortho intramolecular Hbond substituents is 1. The largest absolute Gasteiger partial charge is 0.508 e. The normalized spacial score (nSPS) is 12.2. The number of rotatable bonds is 4. The number of hydrogen-bond donors (Lipinski definition) is 2. The summed E-state index contributed by atoms with van der Waals surface area (Å²) in [6.45, 7) is 2.01. The molecule has 2 aromatic carbocycles. The van der Waals surface area contributed by atoms with Crippen LogP contribution in [-0.2, 0) is 0 Å². The molecule has 0 aliphatic heterocycles. The average Bonchev–Trinajstić information content (AvgIpc) is 2.42. The van der Waals surface area contributed by atoms with E-state index in [2.05, 4.69) is 37.2 Å². The number of nitrogens with one attached hydrogen (secondary N) is 1. The lowest BCUT2D eigenvalue weighted by Crippen LogP contribution is -2.10. The maximum absolute atomic E-state index is 13.3. The van der Waals surface area contributed by atoms with Crippen LogP contribution in [0.4, 0.5) is 10.1 Å². The van der Waals surface area contributed by atoms with E-state index in [0.29, 0.717) is 5.69 Å². The van der Waals surface area contributed by atoms with E-state index in [1.807, 2.05) is 13.0 Å². The monoisotopic (exact) mass is 401 g/mol. The number of aromatic hydroxyl groups is 1. The number of halogens is 3. The second kappa shape index (κ2) is 6.59. The van der Waals surface area contributed by atoms with Gasteiger partial charge in [-0.25, -0.2) is 4.39 Å². The lowest BCUT2D eigenvalue weighted by Gasteiger charge is -2.21. The molecule has 0 saturated heterocycles. The number of hydrogen-bond acceptors (Lipinski definition) is 2. The fourth-order valence-corrected chi connectivity index (χ4v) is 2.74.